The van der Waals surface area contributed by atoms with Crippen LogP contribution >= 0.6 is 0 Å². The maximum atomic E-state index is 12.0. The molecule has 1 atom stereocenters. The molecule has 1 aromatic rings. The largest absolute Gasteiger partial charge is 0.481 e. The number of carboxylic acids is 1. The van der Waals surface area contributed by atoms with Crippen LogP contribution in [-0.2, 0) is 4.79 Å². The molecule has 0 saturated heterocycles. The van der Waals surface area contributed by atoms with Crippen LogP contribution in [0.4, 0.5) is 10.5 Å². The summed E-state index contributed by atoms with van der Waals surface area (Å²) in [6.45, 7) is 7.97. The Morgan fingerprint density at radius 3 is 2.61 bits per heavy atom. The number of nitrogens with zero attached hydrogens (tertiary/aromatic N) is 2. The van der Waals surface area contributed by atoms with E-state index < -0.39 is 11.9 Å². The quantitative estimate of drug-likeness (QED) is 0.770. The van der Waals surface area contributed by atoms with Crippen LogP contribution in [0, 0.1) is 12.8 Å². The Labute approximate surface area is 138 Å². The van der Waals surface area contributed by atoms with E-state index in [0.29, 0.717) is 13.1 Å². The first-order valence-electron chi connectivity index (χ1n) is 7.88. The van der Waals surface area contributed by atoms with E-state index in [1.807, 2.05) is 6.07 Å². The predicted octanol–water partition coefficient (Wildman–Crippen LogP) is 2.18. The summed E-state index contributed by atoms with van der Waals surface area (Å²) in [5.41, 5.74) is 2.34. The molecule has 0 aliphatic carbocycles. The summed E-state index contributed by atoms with van der Waals surface area (Å²) in [6.07, 6.45) is 0. The Bertz CT molecular complexity index is 534. The van der Waals surface area contributed by atoms with E-state index in [2.05, 4.69) is 42.3 Å². The van der Waals surface area contributed by atoms with Crippen molar-refractivity contribution in [1.29, 1.82) is 0 Å². The Morgan fingerprint density at radius 1 is 1.35 bits per heavy atom. The van der Waals surface area contributed by atoms with Crippen molar-refractivity contribution in [2.24, 2.45) is 5.92 Å². The molecule has 0 radical (unpaired) electrons. The van der Waals surface area contributed by atoms with E-state index in [-0.39, 0.29) is 12.6 Å². The highest BCUT2D eigenvalue weighted by Crippen LogP contribution is 2.14. The number of hydrogen-bond acceptors (Lipinski definition) is 3. The number of carboxylic acid groups (broad SMARTS) is 1. The van der Waals surface area contributed by atoms with Gasteiger partial charge in [0.05, 0.1) is 5.92 Å². The van der Waals surface area contributed by atoms with Crippen molar-refractivity contribution in [3.63, 3.8) is 0 Å². The molecule has 2 amide bonds. The number of likely N-dealkylation sites (N-methyl/N-ethyl adjacent to an activating group) is 1. The van der Waals surface area contributed by atoms with Crippen LogP contribution in [0.15, 0.2) is 24.3 Å². The molecule has 1 unspecified atom stereocenters. The monoisotopic (exact) mass is 321 g/mol. The molecular weight excluding hydrogens is 294 g/mol. The van der Waals surface area contributed by atoms with Crippen LogP contribution in [0.3, 0.4) is 0 Å². The SMILES string of the molecule is CCN(CCNC(=O)N(C)CC(C)C(=O)O)c1cccc(C)c1. The highest BCUT2D eigenvalue weighted by molar-refractivity contribution is 5.75. The number of aryl methyl sites for hydroxylation is 1. The first-order chi connectivity index (χ1) is 10.8. The van der Waals surface area contributed by atoms with Gasteiger partial charge in [-0.1, -0.05) is 19.1 Å². The van der Waals surface area contributed by atoms with Gasteiger partial charge in [-0.05, 0) is 31.5 Å². The fourth-order valence-corrected chi connectivity index (χ4v) is 2.30. The van der Waals surface area contributed by atoms with Gasteiger partial charge in [-0.2, -0.15) is 0 Å². The maximum absolute atomic E-state index is 12.0. The molecule has 0 saturated carbocycles. The zero-order chi connectivity index (χ0) is 17.4. The number of hydrogen-bond donors (Lipinski definition) is 2. The van der Waals surface area contributed by atoms with Gasteiger partial charge in [-0.3, -0.25) is 4.79 Å². The number of nitrogens with one attached hydrogen (secondary N) is 1. The van der Waals surface area contributed by atoms with Gasteiger partial charge in [0.15, 0.2) is 0 Å². The molecular formula is C17H27N3O3. The standard InChI is InChI=1S/C17H27N3O3/c1-5-20(15-8-6-7-13(2)11-15)10-9-18-17(23)19(4)12-14(3)16(21)22/h6-8,11,14H,5,9-10,12H2,1-4H3,(H,18,23)(H,21,22). The summed E-state index contributed by atoms with van der Waals surface area (Å²) in [4.78, 5) is 26.4. The molecule has 2 N–H and O–H groups in total. The molecule has 128 valence electrons. The van der Waals surface area contributed by atoms with E-state index >= 15 is 0 Å². The lowest BCUT2D eigenvalue weighted by molar-refractivity contribution is -0.141. The molecule has 1 aromatic carbocycles. The lowest BCUT2D eigenvalue weighted by Crippen LogP contribution is -2.43. The van der Waals surface area contributed by atoms with Crippen LogP contribution in [0.1, 0.15) is 19.4 Å². The third kappa shape index (κ3) is 6.18. The third-order valence-electron chi connectivity index (χ3n) is 3.72. The van der Waals surface area contributed by atoms with Gasteiger partial charge in [-0.25, -0.2) is 4.79 Å². The minimum Gasteiger partial charge on any atom is -0.481 e. The lowest BCUT2D eigenvalue weighted by Gasteiger charge is -2.25. The van der Waals surface area contributed by atoms with Crippen molar-refractivity contribution < 1.29 is 14.7 Å². The summed E-state index contributed by atoms with van der Waals surface area (Å²) < 4.78 is 0. The third-order valence-corrected chi connectivity index (χ3v) is 3.72. The van der Waals surface area contributed by atoms with Gasteiger partial charge in [0.25, 0.3) is 0 Å². The van der Waals surface area contributed by atoms with E-state index in [9.17, 15) is 9.59 Å². The van der Waals surface area contributed by atoms with Gasteiger partial charge in [0.2, 0.25) is 0 Å². The summed E-state index contributed by atoms with van der Waals surface area (Å²) in [6, 6.07) is 7.99. The number of carbonyl (C=O) groups is 2. The lowest BCUT2D eigenvalue weighted by atomic mass is 10.2. The fraction of sp³-hybridized carbons (Fsp3) is 0.529. The number of urea groups is 1. The van der Waals surface area contributed by atoms with Crippen LogP contribution in [-0.4, -0.2) is 55.2 Å². The molecule has 0 aliphatic heterocycles. The molecule has 0 aromatic heterocycles. The van der Waals surface area contributed by atoms with E-state index in [4.69, 9.17) is 5.11 Å². The maximum Gasteiger partial charge on any atom is 0.317 e. The average molecular weight is 321 g/mol. The summed E-state index contributed by atoms with van der Waals surface area (Å²) in [7, 11) is 1.60. The van der Waals surface area contributed by atoms with Crippen molar-refractivity contribution >= 4 is 17.7 Å². The van der Waals surface area contributed by atoms with Crippen molar-refractivity contribution in [3.05, 3.63) is 29.8 Å². The number of amides is 2. The molecule has 0 heterocycles. The number of benzene rings is 1. The smallest absolute Gasteiger partial charge is 0.317 e. The van der Waals surface area contributed by atoms with Gasteiger partial charge < -0.3 is 20.2 Å². The molecule has 6 heteroatoms. The second kappa shape index (κ2) is 9.02. The molecule has 0 bridgehead atoms. The minimum atomic E-state index is -0.902. The Hall–Kier alpha value is -2.24. The van der Waals surface area contributed by atoms with E-state index in [1.54, 1.807) is 14.0 Å². The highest BCUT2D eigenvalue weighted by Gasteiger charge is 2.17. The van der Waals surface area contributed by atoms with Crippen LogP contribution in [0.25, 0.3) is 0 Å². The number of anilines is 1. The summed E-state index contributed by atoms with van der Waals surface area (Å²) in [5.74, 6) is -1.48. The number of rotatable bonds is 8. The fourth-order valence-electron chi connectivity index (χ4n) is 2.30. The molecule has 0 spiro atoms. The molecule has 0 fully saturated rings. The topological polar surface area (TPSA) is 72.9 Å². The Balaban J connectivity index is 2.45. The molecule has 1 rings (SSSR count). The van der Waals surface area contributed by atoms with E-state index in [1.165, 1.54) is 10.5 Å². The number of carbonyl (C=O) groups excluding carboxylic acids is 1. The molecule has 23 heavy (non-hydrogen) atoms. The predicted molar refractivity (Wildman–Crippen MR) is 91.9 cm³/mol. The summed E-state index contributed by atoms with van der Waals surface area (Å²) in [5, 5.41) is 11.7. The number of aliphatic carboxylic acids is 1. The van der Waals surface area contributed by atoms with Gasteiger partial charge in [-0.15, -0.1) is 0 Å². The zero-order valence-electron chi connectivity index (χ0n) is 14.4. The van der Waals surface area contributed by atoms with Crippen molar-refractivity contribution in [3.8, 4) is 0 Å². The Kier molecular flexibility index (Phi) is 7.38. The van der Waals surface area contributed by atoms with E-state index in [0.717, 1.165) is 12.2 Å². The second-order valence-corrected chi connectivity index (χ2v) is 5.77. The van der Waals surface area contributed by atoms with Crippen molar-refractivity contribution in [1.82, 2.24) is 10.2 Å². The van der Waals surface area contributed by atoms with Gasteiger partial charge >= 0.3 is 12.0 Å². The van der Waals surface area contributed by atoms with Crippen LogP contribution < -0.4 is 10.2 Å². The van der Waals surface area contributed by atoms with Crippen LogP contribution in [0.5, 0.6) is 0 Å². The average Bonchev–Trinajstić information content (AvgIpc) is 2.51. The Morgan fingerprint density at radius 2 is 2.04 bits per heavy atom. The highest BCUT2D eigenvalue weighted by atomic mass is 16.4. The first kappa shape index (κ1) is 18.8. The van der Waals surface area contributed by atoms with Crippen LogP contribution in [0.2, 0.25) is 0 Å². The first-order valence-corrected chi connectivity index (χ1v) is 7.88. The molecule has 6 nitrogen and oxygen atoms in total. The van der Waals surface area contributed by atoms with Crippen molar-refractivity contribution in [2.45, 2.75) is 20.8 Å². The second-order valence-electron chi connectivity index (χ2n) is 5.77. The minimum absolute atomic E-state index is 0.191. The van der Waals surface area contributed by atoms with Gasteiger partial charge in [0, 0.05) is 38.9 Å². The normalized spacial score (nSPS) is 11.7. The zero-order valence-corrected chi connectivity index (χ0v) is 14.4. The van der Waals surface area contributed by atoms with Gasteiger partial charge in [0.1, 0.15) is 0 Å². The summed E-state index contributed by atoms with van der Waals surface area (Å²) >= 11 is 0. The molecule has 0 aliphatic rings. The van der Waals surface area contributed by atoms with Crippen molar-refractivity contribution in [2.75, 3.05) is 38.1 Å².